The Labute approximate surface area is 182 Å². The van der Waals surface area contributed by atoms with Gasteiger partial charge in [0, 0.05) is 28.8 Å². The second-order valence-electron chi connectivity index (χ2n) is 6.65. The molecule has 1 aliphatic heterocycles. The van der Waals surface area contributed by atoms with E-state index in [-0.39, 0.29) is 23.4 Å². The third-order valence-corrected chi connectivity index (χ3v) is 6.00. The largest absolute Gasteiger partial charge is 0.507 e. The van der Waals surface area contributed by atoms with Crippen LogP contribution in [0, 0.1) is 0 Å². The number of likely N-dealkylation sites (tertiary alicyclic amines) is 1. The summed E-state index contributed by atoms with van der Waals surface area (Å²) in [7, 11) is 1.46. The van der Waals surface area contributed by atoms with Gasteiger partial charge in [-0.15, -0.1) is 11.3 Å². The number of ether oxygens (including phenoxy) is 1. The fraction of sp³-hybridized carbons (Fsp3) is 0.136. The van der Waals surface area contributed by atoms with Gasteiger partial charge < -0.3 is 14.7 Å². The number of aromatic nitrogens is 1. The molecule has 1 amide bonds. The zero-order valence-corrected chi connectivity index (χ0v) is 17.5. The fourth-order valence-corrected chi connectivity index (χ4v) is 4.50. The molecule has 4 rings (SSSR count). The number of benzene rings is 1. The molecule has 0 aliphatic carbocycles. The summed E-state index contributed by atoms with van der Waals surface area (Å²) in [6, 6.07) is 11.3. The number of thiophene rings is 1. The van der Waals surface area contributed by atoms with Crippen LogP contribution in [0.1, 0.15) is 22.0 Å². The van der Waals surface area contributed by atoms with Gasteiger partial charge in [0.05, 0.1) is 24.3 Å². The molecular weight excluding hydrogens is 424 g/mol. The number of Topliss-reactive ketones (excluding diaryl/α,β-unsaturated/α-hetero) is 1. The minimum Gasteiger partial charge on any atom is -0.507 e. The van der Waals surface area contributed by atoms with E-state index in [0.29, 0.717) is 10.8 Å². The first-order valence-electron chi connectivity index (χ1n) is 9.06. The minimum atomic E-state index is -0.753. The van der Waals surface area contributed by atoms with Gasteiger partial charge in [0.1, 0.15) is 11.5 Å². The Morgan fingerprint density at radius 2 is 2.10 bits per heavy atom. The summed E-state index contributed by atoms with van der Waals surface area (Å²) in [6.45, 7) is 0.185. The van der Waals surface area contributed by atoms with Crippen LogP contribution in [0.25, 0.3) is 5.76 Å². The molecule has 1 aromatic carbocycles. The van der Waals surface area contributed by atoms with Gasteiger partial charge in [-0.25, -0.2) is 0 Å². The highest BCUT2D eigenvalue weighted by Crippen LogP contribution is 2.43. The standard InChI is InChI=1S/C22H17ClN2O4S/c1-29-16-7-6-14(23)10-15(16)20(26)18-19(17-5-3-9-30-17)25(22(28)21(18)27)12-13-4-2-8-24-11-13/h2-11,19,26H,12H2,1H3/t19-/m0/s1. The molecule has 2 aromatic heterocycles. The molecule has 30 heavy (non-hydrogen) atoms. The summed E-state index contributed by atoms with van der Waals surface area (Å²) in [4.78, 5) is 32.3. The molecule has 1 saturated heterocycles. The molecule has 1 atom stereocenters. The van der Waals surface area contributed by atoms with Crippen LogP contribution < -0.4 is 4.74 Å². The molecule has 0 unspecified atom stereocenters. The molecule has 0 saturated carbocycles. The van der Waals surface area contributed by atoms with Crippen LogP contribution in [0.5, 0.6) is 5.75 Å². The maximum absolute atomic E-state index is 13.0. The number of hydrogen-bond acceptors (Lipinski definition) is 6. The number of carbonyl (C=O) groups is 2. The molecule has 1 fully saturated rings. The Bertz CT molecular complexity index is 1130. The predicted molar refractivity (Wildman–Crippen MR) is 114 cm³/mol. The van der Waals surface area contributed by atoms with Crippen molar-refractivity contribution in [1.29, 1.82) is 0 Å². The van der Waals surface area contributed by atoms with E-state index < -0.39 is 17.7 Å². The smallest absolute Gasteiger partial charge is 0.295 e. The third-order valence-electron chi connectivity index (χ3n) is 4.84. The molecule has 1 aliphatic rings. The Morgan fingerprint density at radius 3 is 2.77 bits per heavy atom. The first-order valence-corrected chi connectivity index (χ1v) is 10.3. The number of ketones is 1. The number of carbonyl (C=O) groups excluding carboxylic acids is 2. The van der Waals surface area contributed by atoms with Gasteiger partial charge in [0.25, 0.3) is 11.7 Å². The van der Waals surface area contributed by atoms with E-state index in [1.165, 1.54) is 29.4 Å². The van der Waals surface area contributed by atoms with Crippen LogP contribution in [-0.4, -0.2) is 33.8 Å². The summed E-state index contributed by atoms with van der Waals surface area (Å²) in [5.74, 6) is -1.41. The quantitative estimate of drug-likeness (QED) is 0.360. The van der Waals surface area contributed by atoms with Crippen molar-refractivity contribution in [2.24, 2.45) is 0 Å². The van der Waals surface area contributed by atoms with Gasteiger partial charge >= 0.3 is 0 Å². The number of hydrogen-bond donors (Lipinski definition) is 1. The normalized spacial score (nSPS) is 18.1. The van der Waals surface area contributed by atoms with E-state index in [9.17, 15) is 14.7 Å². The van der Waals surface area contributed by atoms with Crippen LogP contribution >= 0.6 is 22.9 Å². The van der Waals surface area contributed by atoms with Crippen molar-refractivity contribution in [2.45, 2.75) is 12.6 Å². The Morgan fingerprint density at radius 1 is 1.27 bits per heavy atom. The highest BCUT2D eigenvalue weighted by molar-refractivity contribution is 7.10. The highest BCUT2D eigenvalue weighted by atomic mass is 35.5. The Balaban J connectivity index is 1.88. The lowest BCUT2D eigenvalue weighted by molar-refractivity contribution is -0.140. The van der Waals surface area contributed by atoms with E-state index >= 15 is 0 Å². The number of halogens is 1. The van der Waals surface area contributed by atoms with Crippen molar-refractivity contribution >= 4 is 40.4 Å². The highest BCUT2D eigenvalue weighted by Gasteiger charge is 2.46. The number of rotatable bonds is 5. The van der Waals surface area contributed by atoms with E-state index in [2.05, 4.69) is 4.98 Å². The van der Waals surface area contributed by atoms with E-state index in [0.717, 1.165) is 10.4 Å². The number of methoxy groups -OCH3 is 1. The van der Waals surface area contributed by atoms with Crippen molar-refractivity contribution in [3.63, 3.8) is 0 Å². The Kier molecular flexibility index (Phi) is 5.57. The number of amides is 1. The molecule has 0 radical (unpaired) electrons. The topological polar surface area (TPSA) is 79.7 Å². The molecule has 0 bridgehead atoms. The number of nitrogens with zero attached hydrogens (tertiary/aromatic N) is 2. The second-order valence-corrected chi connectivity index (χ2v) is 8.06. The minimum absolute atomic E-state index is 0.00640. The average Bonchev–Trinajstić information content (AvgIpc) is 3.37. The summed E-state index contributed by atoms with van der Waals surface area (Å²) in [6.07, 6.45) is 3.28. The van der Waals surface area contributed by atoms with Crippen LogP contribution in [0.3, 0.4) is 0 Å². The van der Waals surface area contributed by atoms with Crippen molar-refractivity contribution in [2.75, 3.05) is 7.11 Å². The molecule has 6 nitrogen and oxygen atoms in total. The number of pyridine rings is 1. The van der Waals surface area contributed by atoms with Crippen molar-refractivity contribution < 1.29 is 19.4 Å². The maximum atomic E-state index is 13.0. The average molecular weight is 441 g/mol. The molecule has 8 heteroatoms. The molecule has 152 valence electrons. The lowest BCUT2D eigenvalue weighted by Crippen LogP contribution is -2.28. The first kappa shape index (κ1) is 20.1. The van der Waals surface area contributed by atoms with Gasteiger partial charge in [-0.05, 0) is 41.3 Å². The molecular formula is C22H17ClN2O4S. The fourth-order valence-electron chi connectivity index (χ4n) is 3.48. The molecule has 0 spiro atoms. The summed E-state index contributed by atoms with van der Waals surface area (Å²) in [5.41, 5.74) is 1.04. The predicted octanol–water partition coefficient (Wildman–Crippen LogP) is 4.43. The van der Waals surface area contributed by atoms with Crippen molar-refractivity contribution in [3.8, 4) is 5.75 Å². The molecule has 3 aromatic rings. The van der Waals surface area contributed by atoms with Gasteiger partial charge in [-0.1, -0.05) is 23.7 Å². The summed E-state index contributed by atoms with van der Waals surface area (Å²) < 4.78 is 5.32. The van der Waals surface area contributed by atoms with Crippen LogP contribution in [0.4, 0.5) is 0 Å². The van der Waals surface area contributed by atoms with Gasteiger partial charge in [-0.2, -0.15) is 0 Å². The number of aliphatic hydroxyl groups is 1. The maximum Gasteiger partial charge on any atom is 0.295 e. The Hall–Kier alpha value is -3.16. The second kappa shape index (κ2) is 8.30. The van der Waals surface area contributed by atoms with Crippen LogP contribution in [-0.2, 0) is 16.1 Å². The zero-order chi connectivity index (χ0) is 21.3. The van der Waals surface area contributed by atoms with Crippen LogP contribution in [0.15, 0.2) is 65.8 Å². The van der Waals surface area contributed by atoms with E-state index in [1.807, 2.05) is 23.6 Å². The SMILES string of the molecule is COc1ccc(Cl)cc1C(O)=C1C(=O)C(=O)N(Cc2cccnc2)[C@H]1c1cccs1. The molecule has 3 heterocycles. The van der Waals surface area contributed by atoms with E-state index in [4.69, 9.17) is 16.3 Å². The van der Waals surface area contributed by atoms with Gasteiger partial charge in [0.15, 0.2) is 0 Å². The lowest BCUT2D eigenvalue weighted by atomic mass is 9.99. The van der Waals surface area contributed by atoms with E-state index in [1.54, 1.807) is 30.6 Å². The van der Waals surface area contributed by atoms with Crippen molar-refractivity contribution in [1.82, 2.24) is 9.88 Å². The summed E-state index contributed by atoms with van der Waals surface area (Å²) in [5, 5.41) is 13.4. The third kappa shape index (κ3) is 3.58. The number of aliphatic hydroxyl groups excluding tert-OH is 1. The monoisotopic (exact) mass is 440 g/mol. The first-order chi connectivity index (χ1) is 14.5. The molecule has 1 N–H and O–H groups in total. The van der Waals surface area contributed by atoms with Gasteiger partial charge in [-0.3, -0.25) is 14.6 Å². The lowest BCUT2D eigenvalue weighted by Gasteiger charge is -2.24. The van der Waals surface area contributed by atoms with Gasteiger partial charge in [0.2, 0.25) is 0 Å². The van der Waals surface area contributed by atoms with Crippen molar-refractivity contribution in [3.05, 3.63) is 86.8 Å². The zero-order valence-electron chi connectivity index (χ0n) is 15.9. The summed E-state index contributed by atoms with van der Waals surface area (Å²) >= 11 is 7.51. The van der Waals surface area contributed by atoms with Crippen LogP contribution in [0.2, 0.25) is 5.02 Å².